The highest BCUT2D eigenvalue weighted by Crippen LogP contribution is 2.68. The van der Waals surface area contributed by atoms with Crippen molar-refractivity contribution < 1.29 is 0 Å². The van der Waals surface area contributed by atoms with Crippen molar-refractivity contribution in [2.24, 2.45) is 0 Å². The van der Waals surface area contributed by atoms with Crippen LogP contribution in [0.3, 0.4) is 0 Å². The molecule has 8 aromatic carbocycles. The minimum absolute atomic E-state index is 0.520. The molecule has 0 radical (unpaired) electrons. The number of pyridine rings is 1. The first-order chi connectivity index (χ1) is 38.4. The van der Waals surface area contributed by atoms with Crippen molar-refractivity contribution in [1.82, 2.24) is 4.98 Å². The third kappa shape index (κ3) is 8.87. The Labute approximate surface area is 466 Å². The third-order valence-corrected chi connectivity index (χ3v) is 16.6. The first kappa shape index (κ1) is 51.3. The fourth-order valence-electron chi connectivity index (χ4n) is 12.0. The van der Waals surface area contributed by atoms with Gasteiger partial charge in [-0.2, -0.15) is 0 Å². The lowest BCUT2D eigenvalue weighted by atomic mass is 9.53. The molecule has 13 rings (SSSR count). The Balaban J connectivity index is 0.000000667. The van der Waals surface area contributed by atoms with E-state index in [2.05, 4.69) is 274 Å². The van der Waals surface area contributed by atoms with E-state index in [0.29, 0.717) is 0 Å². The molecule has 0 saturated heterocycles. The Bertz CT molecular complexity index is 3810. The van der Waals surface area contributed by atoms with Gasteiger partial charge in [-0.15, -0.1) is 11.8 Å². The number of hydrogen-bond donors (Lipinski definition) is 0. The van der Waals surface area contributed by atoms with Gasteiger partial charge >= 0.3 is 0 Å². The molecule has 2 heteroatoms. The molecular formula is C76H63NS. The minimum Gasteiger partial charge on any atom is -0.248 e. The van der Waals surface area contributed by atoms with Gasteiger partial charge in [0.2, 0.25) is 0 Å². The van der Waals surface area contributed by atoms with Gasteiger partial charge in [-0.25, -0.2) is 4.98 Å². The predicted octanol–water partition coefficient (Wildman–Crippen LogP) is 20.5. The molecule has 0 saturated carbocycles. The molecule has 0 fully saturated rings. The van der Waals surface area contributed by atoms with Gasteiger partial charge in [0.1, 0.15) is 0 Å². The van der Waals surface area contributed by atoms with Gasteiger partial charge in [-0.1, -0.05) is 269 Å². The van der Waals surface area contributed by atoms with Crippen LogP contribution in [0.1, 0.15) is 78.6 Å². The molecule has 9 aromatic rings. The normalized spacial score (nSPS) is 16.1. The number of hydrogen-bond acceptors (Lipinski definition) is 2. The van der Waals surface area contributed by atoms with E-state index in [9.17, 15) is 0 Å². The number of fused-ring (bicyclic) bond motifs is 15. The molecule has 378 valence electrons. The lowest BCUT2D eigenvalue weighted by Crippen LogP contribution is -2.43. The maximum atomic E-state index is 5.34. The fourth-order valence-corrected chi connectivity index (χ4v) is 13.1. The second kappa shape index (κ2) is 22.4. The van der Waals surface area contributed by atoms with Crippen molar-refractivity contribution in [3.63, 3.8) is 0 Å². The van der Waals surface area contributed by atoms with E-state index in [0.717, 1.165) is 51.2 Å². The molecular weight excluding hydrogens is 959 g/mol. The number of thioether (sulfide) groups is 1. The molecule has 0 N–H and O–H groups in total. The lowest BCUT2D eigenvalue weighted by molar-refractivity contribution is 0.638. The average Bonchev–Trinajstić information content (AvgIpc) is 3.11. The molecule has 0 amide bonds. The predicted molar refractivity (Wildman–Crippen MR) is 335 cm³/mol. The van der Waals surface area contributed by atoms with E-state index in [4.69, 9.17) is 4.98 Å². The SMILES string of the molecule is C/C=C\C.C/C=C\CC.C=C1/C=C\C=C/SC2=C(/C=C\C1=C)c1cc(-c3cc(-c4ccccc4)nc(-c4ccc(-c5ccccc5)cc4)c3)ccc1C21c2ccccc2C2(c3ccccc3-c3ccccc32)c2ccccc21. The highest BCUT2D eigenvalue weighted by atomic mass is 32.2. The second-order valence-corrected chi connectivity index (χ2v) is 20.9. The Kier molecular flexibility index (Phi) is 14.7. The van der Waals surface area contributed by atoms with Crippen molar-refractivity contribution in [1.29, 1.82) is 0 Å². The summed E-state index contributed by atoms with van der Waals surface area (Å²) in [7, 11) is 0. The largest absolute Gasteiger partial charge is 0.248 e. The van der Waals surface area contributed by atoms with E-state index in [1.807, 2.05) is 50.8 Å². The van der Waals surface area contributed by atoms with Crippen LogP contribution >= 0.6 is 11.8 Å². The zero-order valence-corrected chi connectivity index (χ0v) is 45.8. The standard InChI is InChI=1S/C67H45NS.C5H10.C4H8/c1-44-19-17-18-40-69-65-54(38-32-45(44)2)55-41-50(51-42-63(48-22-7-4-8-23-48)68-64(43-51)49-35-33-47(34-36-49)46-20-5-3-6-21-46)37-39-58(55)67(65)61-30-15-13-28-59(61)66(60-29-14-16-31-62(60)67)56-26-11-9-24-52(56)53-25-10-12-27-57(53)66;1-3-5-4-2;1-3-4-2/h3-43H,1-2H2;3,5H,4H2,1-2H3;3-4H,1-2H3/b19-17-,38-32-,40-18-;5-3-;4-3-. The van der Waals surface area contributed by atoms with E-state index < -0.39 is 10.8 Å². The number of benzene rings is 8. The van der Waals surface area contributed by atoms with Crippen molar-refractivity contribution in [3.05, 3.63) is 346 Å². The van der Waals surface area contributed by atoms with E-state index in [1.165, 1.54) is 77.2 Å². The Hall–Kier alpha value is -8.82. The second-order valence-electron chi connectivity index (χ2n) is 20.0. The zero-order chi connectivity index (χ0) is 53.6. The van der Waals surface area contributed by atoms with E-state index in [1.54, 1.807) is 0 Å². The molecule has 0 atom stereocenters. The fraction of sp³-hybridized carbons (Fsp3) is 0.0921. The summed E-state index contributed by atoms with van der Waals surface area (Å²) in [6.07, 6.45) is 20.1. The molecule has 1 aromatic heterocycles. The van der Waals surface area contributed by atoms with Gasteiger partial charge in [-0.05, 0) is 145 Å². The Morgan fingerprint density at radius 2 is 0.846 bits per heavy atom. The van der Waals surface area contributed by atoms with E-state index in [-0.39, 0.29) is 0 Å². The lowest BCUT2D eigenvalue weighted by Gasteiger charge is -2.49. The summed E-state index contributed by atoms with van der Waals surface area (Å²) in [5.41, 5.74) is 23.3. The molecule has 3 aliphatic carbocycles. The van der Waals surface area contributed by atoms with Crippen LogP contribution in [-0.4, -0.2) is 4.98 Å². The van der Waals surface area contributed by atoms with Crippen LogP contribution in [0.15, 0.2) is 302 Å². The molecule has 4 aliphatic rings. The van der Waals surface area contributed by atoms with Crippen molar-refractivity contribution in [2.75, 3.05) is 0 Å². The van der Waals surface area contributed by atoms with Gasteiger partial charge < -0.3 is 0 Å². The first-order valence-corrected chi connectivity index (χ1v) is 28.0. The van der Waals surface area contributed by atoms with Gasteiger partial charge in [0.15, 0.2) is 0 Å². The molecule has 2 spiro atoms. The maximum Gasteiger partial charge on any atom is 0.0782 e. The summed E-state index contributed by atoms with van der Waals surface area (Å²) in [6.45, 7) is 17.0. The topological polar surface area (TPSA) is 12.9 Å². The summed E-state index contributed by atoms with van der Waals surface area (Å²) in [5, 5.41) is 2.25. The van der Waals surface area contributed by atoms with Gasteiger partial charge in [0.25, 0.3) is 0 Å². The number of aromatic nitrogens is 1. The molecule has 2 heterocycles. The van der Waals surface area contributed by atoms with Crippen molar-refractivity contribution in [3.8, 4) is 55.9 Å². The average molecular weight is 1020 g/mol. The molecule has 78 heavy (non-hydrogen) atoms. The summed E-state index contributed by atoms with van der Waals surface area (Å²) >= 11 is 1.82. The van der Waals surface area contributed by atoms with Crippen LogP contribution in [0, 0.1) is 0 Å². The molecule has 0 bridgehead atoms. The van der Waals surface area contributed by atoms with Crippen LogP contribution < -0.4 is 0 Å². The smallest absolute Gasteiger partial charge is 0.0782 e. The Morgan fingerprint density at radius 3 is 1.38 bits per heavy atom. The number of rotatable bonds is 5. The summed E-state index contributed by atoms with van der Waals surface area (Å²) in [4.78, 5) is 6.60. The van der Waals surface area contributed by atoms with Crippen molar-refractivity contribution in [2.45, 2.75) is 44.9 Å². The number of nitrogens with zero attached hydrogens (tertiary/aromatic N) is 1. The third-order valence-electron chi connectivity index (χ3n) is 15.6. The monoisotopic (exact) mass is 1020 g/mol. The summed E-state index contributed by atoms with van der Waals surface area (Å²) in [6, 6.07) is 78.4. The highest BCUT2D eigenvalue weighted by Gasteiger charge is 2.59. The van der Waals surface area contributed by atoms with Crippen LogP contribution in [0.4, 0.5) is 0 Å². The first-order valence-electron chi connectivity index (χ1n) is 27.2. The van der Waals surface area contributed by atoms with Gasteiger partial charge in [0.05, 0.1) is 22.2 Å². The van der Waals surface area contributed by atoms with Gasteiger partial charge in [-0.3, -0.25) is 0 Å². The minimum atomic E-state index is -0.650. The summed E-state index contributed by atoms with van der Waals surface area (Å²) in [5.74, 6) is 0. The molecule has 0 unspecified atom stereocenters. The van der Waals surface area contributed by atoms with Crippen molar-refractivity contribution >= 4 is 17.3 Å². The van der Waals surface area contributed by atoms with Crippen LogP contribution in [0.25, 0.3) is 61.5 Å². The summed E-state index contributed by atoms with van der Waals surface area (Å²) < 4.78 is 0. The zero-order valence-electron chi connectivity index (χ0n) is 45.0. The Morgan fingerprint density at radius 1 is 0.397 bits per heavy atom. The van der Waals surface area contributed by atoms with Crippen LogP contribution in [0.5, 0.6) is 0 Å². The molecule has 1 aliphatic heterocycles. The molecule has 1 nitrogen and oxygen atoms in total. The van der Waals surface area contributed by atoms with Gasteiger partial charge in [0, 0.05) is 16.0 Å². The highest BCUT2D eigenvalue weighted by molar-refractivity contribution is 8.06. The number of allylic oxidation sites excluding steroid dienone is 13. The maximum absolute atomic E-state index is 5.34. The van der Waals surface area contributed by atoms with E-state index >= 15 is 0 Å². The quantitative estimate of drug-likeness (QED) is 0.159. The van der Waals surface area contributed by atoms with Crippen LogP contribution in [-0.2, 0) is 10.8 Å². The van der Waals surface area contributed by atoms with Crippen LogP contribution in [0.2, 0.25) is 0 Å².